The number of hydrogen-bond donors (Lipinski definition) is 1. The average molecular weight is 392 g/mol. The molecule has 1 aliphatic heterocycles. The Labute approximate surface area is 164 Å². The minimum Gasteiger partial charge on any atom is -0.352 e. The fourth-order valence-corrected chi connectivity index (χ4v) is 4.48. The number of rotatable bonds is 7. The first-order valence-electron chi connectivity index (χ1n) is 9.29. The highest BCUT2D eigenvalue weighted by Crippen LogP contribution is 2.29. The SMILES string of the molecule is CCC(CN1CCCC1)NC(=O)Cc1sc(C)nc1-c1ccc(Cl)cc1. The van der Waals surface area contributed by atoms with Gasteiger partial charge in [-0.25, -0.2) is 4.98 Å². The lowest BCUT2D eigenvalue weighted by molar-refractivity contribution is -0.121. The highest BCUT2D eigenvalue weighted by atomic mass is 35.5. The number of halogens is 1. The Morgan fingerprint density at radius 2 is 2.00 bits per heavy atom. The zero-order valence-electron chi connectivity index (χ0n) is 15.4. The molecule has 1 fully saturated rings. The third-order valence-corrected chi connectivity index (χ3v) is 6.00. The number of hydrogen-bond acceptors (Lipinski definition) is 4. The van der Waals surface area contributed by atoms with Crippen LogP contribution in [-0.2, 0) is 11.2 Å². The number of benzene rings is 1. The van der Waals surface area contributed by atoms with Gasteiger partial charge in [-0.15, -0.1) is 11.3 Å². The van der Waals surface area contributed by atoms with Crippen molar-refractivity contribution in [2.45, 2.75) is 45.6 Å². The first-order chi connectivity index (χ1) is 12.5. The molecular weight excluding hydrogens is 366 g/mol. The second kappa shape index (κ2) is 8.98. The van der Waals surface area contributed by atoms with E-state index in [-0.39, 0.29) is 11.9 Å². The van der Waals surface area contributed by atoms with Gasteiger partial charge in [0.25, 0.3) is 0 Å². The zero-order valence-corrected chi connectivity index (χ0v) is 17.0. The Morgan fingerprint density at radius 1 is 1.31 bits per heavy atom. The predicted octanol–water partition coefficient (Wildman–Crippen LogP) is 4.31. The van der Waals surface area contributed by atoms with E-state index in [1.807, 2.05) is 31.2 Å². The molecule has 3 rings (SSSR count). The monoisotopic (exact) mass is 391 g/mol. The quantitative estimate of drug-likeness (QED) is 0.765. The largest absolute Gasteiger partial charge is 0.352 e. The van der Waals surface area contributed by atoms with Crippen molar-refractivity contribution in [2.24, 2.45) is 0 Å². The normalized spacial score (nSPS) is 16.0. The molecule has 1 N–H and O–H groups in total. The summed E-state index contributed by atoms with van der Waals surface area (Å²) < 4.78 is 0. The molecule has 1 saturated heterocycles. The average Bonchev–Trinajstić information content (AvgIpc) is 3.24. The van der Waals surface area contributed by atoms with Crippen LogP contribution in [0.3, 0.4) is 0 Å². The number of carbonyl (C=O) groups excluding carboxylic acids is 1. The molecular formula is C20H26ClN3OS. The zero-order chi connectivity index (χ0) is 18.5. The van der Waals surface area contributed by atoms with Gasteiger partial charge >= 0.3 is 0 Å². The van der Waals surface area contributed by atoms with E-state index in [9.17, 15) is 4.79 Å². The number of amides is 1. The van der Waals surface area contributed by atoms with Crippen LogP contribution < -0.4 is 5.32 Å². The fraction of sp³-hybridized carbons (Fsp3) is 0.500. The molecule has 0 aliphatic carbocycles. The Kier molecular flexibility index (Phi) is 6.68. The number of aryl methyl sites for hydroxylation is 1. The van der Waals surface area contributed by atoms with Crippen LogP contribution >= 0.6 is 22.9 Å². The summed E-state index contributed by atoms with van der Waals surface area (Å²) >= 11 is 7.58. The van der Waals surface area contributed by atoms with Crippen molar-refractivity contribution in [1.29, 1.82) is 0 Å². The lowest BCUT2D eigenvalue weighted by Gasteiger charge is -2.23. The molecule has 1 aromatic heterocycles. The van der Waals surface area contributed by atoms with Gasteiger partial charge in [0.2, 0.25) is 5.91 Å². The van der Waals surface area contributed by atoms with Crippen LogP contribution in [0.25, 0.3) is 11.3 Å². The van der Waals surface area contributed by atoms with Gasteiger partial charge in [-0.1, -0.05) is 30.7 Å². The van der Waals surface area contributed by atoms with E-state index in [0.29, 0.717) is 11.4 Å². The van der Waals surface area contributed by atoms with E-state index in [2.05, 4.69) is 22.1 Å². The second-order valence-electron chi connectivity index (χ2n) is 6.87. The molecule has 6 heteroatoms. The molecule has 1 aromatic carbocycles. The molecule has 1 aliphatic rings. The molecule has 1 unspecified atom stereocenters. The molecule has 2 heterocycles. The van der Waals surface area contributed by atoms with Crippen LogP contribution in [0.15, 0.2) is 24.3 Å². The third-order valence-electron chi connectivity index (χ3n) is 4.78. The van der Waals surface area contributed by atoms with Crippen molar-refractivity contribution in [2.75, 3.05) is 19.6 Å². The van der Waals surface area contributed by atoms with Crippen LogP contribution in [0, 0.1) is 6.92 Å². The van der Waals surface area contributed by atoms with E-state index in [4.69, 9.17) is 11.6 Å². The maximum atomic E-state index is 12.6. The van der Waals surface area contributed by atoms with Crippen molar-refractivity contribution in [1.82, 2.24) is 15.2 Å². The first-order valence-corrected chi connectivity index (χ1v) is 10.5. The highest BCUT2D eigenvalue weighted by Gasteiger charge is 2.20. The standard InChI is InChI=1S/C20H26ClN3OS/c1-3-17(13-24-10-4-5-11-24)23-19(25)12-18-20(22-14(2)26-18)15-6-8-16(21)9-7-15/h6-9,17H,3-5,10-13H2,1-2H3,(H,23,25). The summed E-state index contributed by atoms with van der Waals surface area (Å²) in [4.78, 5) is 20.7. The van der Waals surface area contributed by atoms with E-state index in [1.54, 1.807) is 11.3 Å². The predicted molar refractivity (Wildman–Crippen MR) is 109 cm³/mol. The van der Waals surface area contributed by atoms with Crippen LogP contribution in [0.2, 0.25) is 5.02 Å². The first kappa shape index (κ1) is 19.3. The third kappa shape index (κ3) is 5.06. The van der Waals surface area contributed by atoms with Gasteiger partial charge in [0.15, 0.2) is 0 Å². The Hall–Kier alpha value is -1.43. The van der Waals surface area contributed by atoms with Crippen LogP contribution in [-0.4, -0.2) is 41.5 Å². The molecule has 140 valence electrons. The molecule has 26 heavy (non-hydrogen) atoms. The van der Waals surface area contributed by atoms with Gasteiger partial charge in [0.05, 0.1) is 17.1 Å². The van der Waals surface area contributed by atoms with E-state index < -0.39 is 0 Å². The van der Waals surface area contributed by atoms with Crippen LogP contribution in [0.5, 0.6) is 0 Å². The van der Waals surface area contributed by atoms with Crippen molar-refractivity contribution < 1.29 is 4.79 Å². The number of aromatic nitrogens is 1. The number of thiazole rings is 1. The summed E-state index contributed by atoms with van der Waals surface area (Å²) in [7, 11) is 0. The lowest BCUT2D eigenvalue weighted by Crippen LogP contribution is -2.43. The molecule has 1 atom stereocenters. The van der Waals surface area contributed by atoms with E-state index in [1.165, 1.54) is 12.8 Å². The smallest absolute Gasteiger partial charge is 0.225 e. The lowest BCUT2D eigenvalue weighted by atomic mass is 10.1. The number of nitrogens with zero attached hydrogens (tertiary/aromatic N) is 2. The van der Waals surface area contributed by atoms with Gasteiger partial charge in [0, 0.05) is 28.0 Å². The van der Waals surface area contributed by atoms with Crippen molar-refractivity contribution >= 4 is 28.8 Å². The highest BCUT2D eigenvalue weighted by molar-refractivity contribution is 7.12. The summed E-state index contributed by atoms with van der Waals surface area (Å²) in [5.41, 5.74) is 1.90. The Morgan fingerprint density at radius 3 is 2.65 bits per heavy atom. The van der Waals surface area contributed by atoms with Crippen molar-refractivity contribution in [3.05, 3.63) is 39.2 Å². The van der Waals surface area contributed by atoms with Crippen LogP contribution in [0.1, 0.15) is 36.1 Å². The molecule has 0 bridgehead atoms. The van der Waals surface area contributed by atoms with Crippen molar-refractivity contribution in [3.63, 3.8) is 0 Å². The Bertz CT molecular complexity index is 738. The number of carbonyl (C=O) groups is 1. The maximum Gasteiger partial charge on any atom is 0.225 e. The summed E-state index contributed by atoms with van der Waals surface area (Å²) in [5.74, 6) is 0.0786. The molecule has 0 radical (unpaired) electrons. The molecule has 1 amide bonds. The minimum absolute atomic E-state index is 0.0786. The second-order valence-corrected chi connectivity index (χ2v) is 8.59. The Balaban J connectivity index is 1.66. The van der Waals surface area contributed by atoms with Crippen LogP contribution in [0.4, 0.5) is 0 Å². The minimum atomic E-state index is 0.0786. The molecule has 2 aromatic rings. The summed E-state index contributed by atoms with van der Waals surface area (Å²) in [6.07, 6.45) is 3.87. The van der Waals surface area contributed by atoms with Gasteiger partial charge in [-0.2, -0.15) is 0 Å². The van der Waals surface area contributed by atoms with Crippen molar-refractivity contribution in [3.8, 4) is 11.3 Å². The number of nitrogens with one attached hydrogen (secondary N) is 1. The van der Waals surface area contributed by atoms with E-state index in [0.717, 1.165) is 47.2 Å². The van der Waals surface area contributed by atoms with Gasteiger partial charge in [-0.3, -0.25) is 4.79 Å². The molecule has 0 spiro atoms. The molecule has 0 saturated carbocycles. The number of likely N-dealkylation sites (tertiary alicyclic amines) is 1. The topological polar surface area (TPSA) is 45.2 Å². The van der Waals surface area contributed by atoms with Gasteiger partial charge in [0.1, 0.15) is 0 Å². The maximum absolute atomic E-state index is 12.6. The summed E-state index contributed by atoms with van der Waals surface area (Å²) in [6, 6.07) is 7.85. The summed E-state index contributed by atoms with van der Waals surface area (Å²) in [6.45, 7) is 7.38. The molecule has 4 nitrogen and oxygen atoms in total. The van der Waals surface area contributed by atoms with Gasteiger partial charge in [-0.05, 0) is 51.4 Å². The fourth-order valence-electron chi connectivity index (χ4n) is 3.40. The summed E-state index contributed by atoms with van der Waals surface area (Å²) in [5, 5.41) is 4.89. The van der Waals surface area contributed by atoms with E-state index >= 15 is 0 Å². The van der Waals surface area contributed by atoms with Gasteiger partial charge < -0.3 is 10.2 Å².